The van der Waals surface area contributed by atoms with Gasteiger partial charge in [-0.2, -0.15) is 0 Å². The molecule has 4 aromatic rings. The second-order valence-corrected chi connectivity index (χ2v) is 10.3. The number of pyridine rings is 1. The maximum absolute atomic E-state index is 14.5. The van der Waals surface area contributed by atoms with E-state index in [0.29, 0.717) is 46.9 Å². The molecule has 0 spiro atoms. The summed E-state index contributed by atoms with van der Waals surface area (Å²) < 4.78 is 20.6. The second kappa shape index (κ2) is 11.9. The van der Waals surface area contributed by atoms with E-state index in [0.717, 1.165) is 5.56 Å². The molecular weight excluding hydrogens is 549 g/mol. The molecule has 0 saturated carbocycles. The second-order valence-electron chi connectivity index (χ2n) is 9.83. The Kier molecular flexibility index (Phi) is 8.11. The molecule has 3 heterocycles. The normalized spacial score (nSPS) is 16.9. The van der Waals surface area contributed by atoms with E-state index in [1.165, 1.54) is 42.3 Å². The molecule has 11 heteroatoms. The first-order valence-corrected chi connectivity index (χ1v) is 13.4. The van der Waals surface area contributed by atoms with Crippen molar-refractivity contribution in [3.8, 4) is 22.4 Å². The van der Waals surface area contributed by atoms with Crippen LogP contribution in [0.5, 0.6) is 0 Å². The van der Waals surface area contributed by atoms with Crippen molar-refractivity contribution in [1.29, 1.82) is 0 Å². The third-order valence-electron chi connectivity index (χ3n) is 7.08. The molecule has 0 radical (unpaired) electrons. The largest absolute Gasteiger partial charge is 0.453 e. The number of nitrogens with zero attached hydrogens (tertiary/aromatic N) is 3. The highest BCUT2D eigenvalue weighted by Crippen LogP contribution is 2.34. The van der Waals surface area contributed by atoms with E-state index in [1.54, 1.807) is 30.5 Å². The molecule has 2 amide bonds. The van der Waals surface area contributed by atoms with Crippen LogP contribution in [0.4, 0.5) is 20.6 Å². The molecule has 0 fully saturated rings. The molecule has 0 unspecified atom stereocenters. The Balaban J connectivity index is 1.58. The van der Waals surface area contributed by atoms with Crippen LogP contribution in [-0.2, 0) is 9.53 Å². The van der Waals surface area contributed by atoms with E-state index in [2.05, 4.69) is 25.3 Å². The number of rotatable bonds is 3. The first kappa shape index (κ1) is 28.0. The number of methoxy groups -OCH3 is 1. The fourth-order valence-corrected chi connectivity index (χ4v) is 5.04. The Labute approximate surface area is 240 Å². The highest BCUT2D eigenvalue weighted by atomic mass is 35.5. The lowest BCUT2D eigenvalue weighted by Gasteiger charge is -2.23. The van der Waals surface area contributed by atoms with Crippen LogP contribution < -0.4 is 16.2 Å². The van der Waals surface area contributed by atoms with Crippen LogP contribution >= 0.6 is 11.6 Å². The van der Waals surface area contributed by atoms with E-state index >= 15 is 0 Å². The number of fused-ring (bicyclic) bond motifs is 4. The number of hydrogen-bond acceptors (Lipinski definition) is 6. The van der Waals surface area contributed by atoms with E-state index < -0.39 is 18.0 Å². The first-order chi connectivity index (χ1) is 19.7. The Morgan fingerprint density at radius 1 is 1.07 bits per heavy atom. The molecule has 2 aromatic heterocycles. The van der Waals surface area contributed by atoms with Crippen molar-refractivity contribution >= 4 is 35.0 Å². The number of benzene rings is 2. The number of ether oxygens (including phenoxy) is 1. The Morgan fingerprint density at radius 3 is 2.68 bits per heavy atom. The van der Waals surface area contributed by atoms with Gasteiger partial charge in [-0.3, -0.25) is 24.5 Å². The molecular formula is C30H27ClFN5O4. The van der Waals surface area contributed by atoms with Crippen LogP contribution in [0.2, 0.25) is 5.02 Å². The Morgan fingerprint density at radius 2 is 1.90 bits per heavy atom. The monoisotopic (exact) mass is 575 g/mol. The maximum atomic E-state index is 14.5. The van der Waals surface area contributed by atoms with E-state index in [4.69, 9.17) is 11.6 Å². The number of anilines is 2. The first-order valence-electron chi connectivity index (χ1n) is 13.0. The average Bonchev–Trinajstić information content (AvgIpc) is 2.96. The molecule has 5 rings (SSSR count). The topological polar surface area (TPSA) is 115 Å². The lowest BCUT2D eigenvalue weighted by molar-refractivity contribution is -0.119. The van der Waals surface area contributed by atoms with Crippen molar-refractivity contribution in [3.05, 3.63) is 94.0 Å². The summed E-state index contributed by atoms with van der Waals surface area (Å²) in [6, 6.07) is 13.7. The minimum atomic E-state index is -0.630. The Hall–Kier alpha value is -4.57. The summed E-state index contributed by atoms with van der Waals surface area (Å²) in [4.78, 5) is 47.2. The quantitative estimate of drug-likeness (QED) is 0.297. The number of amides is 2. The van der Waals surface area contributed by atoms with Gasteiger partial charge < -0.3 is 10.1 Å². The van der Waals surface area contributed by atoms with Gasteiger partial charge in [0.2, 0.25) is 5.91 Å². The zero-order valence-corrected chi connectivity index (χ0v) is 23.1. The average molecular weight is 576 g/mol. The minimum absolute atomic E-state index is 0.137. The van der Waals surface area contributed by atoms with Crippen LogP contribution in [0.25, 0.3) is 22.4 Å². The van der Waals surface area contributed by atoms with E-state index in [-0.39, 0.29) is 28.6 Å². The number of hydrogen-bond donors (Lipinski definition) is 2. The third-order valence-corrected chi connectivity index (χ3v) is 7.32. The molecule has 2 atom stereocenters. The summed E-state index contributed by atoms with van der Waals surface area (Å²) in [5.74, 6) is -1.02. The van der Waals surface area contributed by atoms with Crippen LogP contribution in [0.1, 0.15) is 37.9 Å². The standard InChI is InChI=1S/C30H27ClFN5O4/c1-17-4-3-5-27(37-16-34-24(15-28(37)38)22-13-19(31)6-9-23(22)32)26-12-18(10-11-33-26)21-8-7-20(35-30(40)41-2)14-25(21)36-29(17)39/h6-17,27H,3-5H2,1-2H3,(H,35,40)(H,36,39)/t17-,27+/m1/s1. The van der Waals surface area contributed by atoms with Gasteiger partial charge in [0.15, 0.2) is 0 Å². The van der Waals surface area contributed by atoms with Crippen molar-refractivity contribution < 1.29 is 18.7 Å². The van der Waals surface area contributed by atoms with E-state index in [1.807, 2.05) is 13.0 Å². The predicted molar refractivity (Wildman–Crippen MR) is 154 cm³/mol. The minimum Gasteiger partial charge on any atom is -0.453 e. The molecule has 0 saturated heterocycles. The van der Waals surface area contributed by atoms with Crippen molar-refractivity contribution in [1.82, 2.24) is 14.5 Å². The van der Waals surface area contributed by atoms with Gasteiger partial charge in [-0.15, -0.1) is 0 Å². The summed E-state index contributed by atoms with van der Waals surface area (Å²) in [5, 5.41) is 5.94. The van der Waals surface area contributed by atoms with Gasteiger partial charge in [-0.25, -0.2) is 14.2 Å². The van der Waals surface area contributed by atoms with E-state index in [9.17, 15) is 18.8 Å². The van der Waals surface area contributed by atoms with Crippen molar-refractivity contribution in [2.24, 2.45) is 5.92 Å². The number of carbonyl (C=O) groups excluding carboxylic acids is 2. The molecule has 210 valence electrons. The van der Waals surface area contributed by atoms with Gasteiger partial charge in [-0.1, -0.05) is 31.0 Å². The molecule has 9 nitrogen and oxygen atoms in total. The number of carbonyl (C=O) groups is 2. The highest BCUT2D eigenvalue weighted by Gasteiger charge is 2.23. The van der Waals surface area contributed by atoms with Gasteiger partial charge in [0.25, 0.3) is 5.56 Å². The highest BCUT2D eigenvalue weighted by molar-refractivity contribution is 6.30. The predicted octanol–water partition coefficient (Wildman–Crippen LogP) is 6.29. The van der Waals surface area contributed by atoms with Gasteiger partial charge in [0.05, 0.1) is 36.6 Å². The number of halogens is 2. The molecule has 1 aliphatic heterocycles. The summed E-state index contributed by atoms with van der Waals surface area (Å²) in [6.07, 6.45) is 4.12. The molecule has 0 aliphatic carbocycles. The van der Waals surface area contributed by atoms with Gasteiger partial charge in [-0.05, 0) is 60.9 Å². The smallest absolute Gasteiger partial charge is 0.411 e. The zero-order valence-electron chi connectivity index (χ0n) is 22.4. The van der Waals surface area contributed by atoms with Gasteiger partial charge in [0.1, 0.15) is 5.82 Å². The van der Waals surface area contributed by atoms with Gasteiger partial charge >= 0.3 is 6.09 Å². The molecule has 2 aromatic carbocycles. The summed E-state index contributed by atoms with van der Waals surface area (Å²) in [5.41, 5.74) is 3.01. The van der Waals surface area contributed by atoms with Crippen molar-refractivity contribution in [2.75, 3.05) is 17.7 Å². The van der Waals surface area contributed by atoms with Crippen LogP contribution in [0, 0.1) is 11.7 Å². The molecule has 1 aliphatic rings. The number of aromatic nitrogens is 3. The summed E-state index contributed by atoms with van der Waals surface area (Å²) >= 11 is 6.04. The fraction of sp³-hybridized carbons (Fsp3) is 0.233. The molecule has 2 N–H and O–H groups in total. The van der Waals surface area contributed by atoms with Crippen molar-refractivity contribution in [2.45, 2.75) is 32.2 Å². The third kappa shape index (κ3) is 6.12. The SMILES string of the molecule is COC(=O)Nc1ccc2c(c1)NC(=O)[C@H](C)CCC[C@H](n1cnc(-c3cc(Cl)ccc3F)cc1=O)c1cc-2ccn1. The summed E-state index contributed by atoms with van der Waals surface area (Å²) in [7, 11) is 1.27. The molecule has 2 bridgehead atoms. The van der Waals surface area contributed by atoms with Gasteiger partial charge in [0, 0.05) is 40.0 Å². The Bertz CT molecular complexity index is 1690. The lowest BCUT2D eigenvalue weighted by Crippen LogP contribution is -2.27. The fourth-order valence-electron chi connectivity index (χ4n) is 4.86. The van der Waals surface area contributed by atoms with Crippen LogP contribution in [0.3, 0.4) is 0 Å². The maximum Gasteiger partial charge on any atom is 0.411 e. The van der Waals surface area contributed by atoms with Crippen LogP contribution in [-0.4, -0.2) is 33.6 Å². The van der Waals surface area contributed by atoms with Crippen molar-refractivity contribution in [3.63, 3.8) is 0 Å². The lowest BCUT2D eigenvalue weighted by atomic mass is 9.95. The summed E-state index contributed by atoms with van der Waals surface area (Å²) in [6.45, 7) is 1.84. The molecule has 41 heavy (non-hydrogen) atoms. The van der Waals surface area contributed by atoms with Crippen LogP contribution in [0.15, 0.2) is 71.9 Å². The number of nitrogens with one attached hydrogen (secondary N) is 2. The zero-order chi connectivity index (χ0) is 29.1.